The van der Waals surface area contributed by atoms with Gasteiger partial charge in [0.25, 0.3) is 11.6 Å². The van der Waals surface area contributed by atoms with Crippen molar-refractivity contribution in [2.45, 2.75) is 35.3 Å². The average molecular weight is 525 g/mol. The molecule has 1 aromatic carbocycles. The molecule has 30 heavy (non-hydrogen) atoms. The lowest BCUT2D eigenvalue weighted by Gasteiger charge is -2.36. The van der Waals surface area contributed by atoms with Crippen molar-refractivity contribution in [2.75, 3.05) is 5.32 Å². The zero-order chi connectivity index (χ0) is 23.7. The Morgan fingerprint density at radius 2 is 1.47 bits per heavy atom. The predicted octanol–water partition coefficient (Wildman–Crippen LogP) is 5.19. The van der Waals surface area contributed by atoms with E-state index >= 15 is 0 Å². The minimum Gasteiger partial charge on any atom is -0.322 e. The summed E-state index contributed by atoms with van der Waals surface area (Å²) in [5.74, 6) is -25.4. The quantitative estimate of drug-likeness (QED) is 0.336. The Morgan fingerprint density at radius 3 is 1.87 bits per heavy atom. The van der Waals surface area contributed by atoms with E-state index < -0.39 is 62.0 Å². The fraction of sp³-hybridized carbons (Fsp3) is 0.462. The van der Waals surface area contributed by atoms with Crippen molar-refractivity contribution in [2.24, 2.45) is 0 Å². The van der Waals surface area contributed by atoms with Gasteiger partial charge in [-0.15, -0.1) is 0 Å². The van der Waals surface area contributed by atoms with Gasteiger partial charge in [0.2, 0.25) is 0 Å². The summed E-state index contributed by atoms with van der Waals surface area (Å²) in [6, 6.07) is 1.40. The molecule has 5 nitrogen and oxygen atoms in total. The fourth-order valence-electron chi connectivity index (χ4n) is 2.66. The molecule has 1 amide bonds. The molecular weight excluding hydrogens is 521 g/mol. The Bertz CT molecular complexity index is 922. The molecular formula is C13H4BrF11N2O3. The summed E-state index contributed by atoms with van der Waals surface area (Å²) < 4.78 is 149. The number of nitrogens with one attached hydrogen (secondary N) is 1. The molecule has 1 saturated carbocycles. The van der Waals surface area contributed by atoms with E-state index in [4.69, 9.17) is 0 Å². The van der Waals surface area contributed by atoms with E-state index in [0.29, 0.717) is 18.2 Å². The second kappa shape index (κ2) is 6.40. The summed E-state index contributed by atoms with van der Waals surface area (Å²) in [4.78, 5) is 21.4. The number of carbonyl (C=O) groups is 1. The Hall–Kier alpha value is -2.20. The normalized spacial score (nSPS) is 29.5. The number of nitro groups is 1. The number of nitrogens with zero attached hydrogens (tertiary/aromatic N) is 1. The third-order valence-electron chi connectivity index (χ3n) is 4.24. The monoisotopic (exact) mass is 524 g/mol. The van der Waals surface area contributed by atoms with Gasteiger partial charge in [0, 0.05) is 16.6 Å². The van der Waals surface area contributed by atoms with E-state index in [2.05, 4.69) is 15.9 Å². The van der Waals surface area contributed by atoms with Crippen molar-refractivity contribution >= 4 is 33.2 Å². The first-order valence-corrected chi connectivity index (χ1v) is 7.84. The van der Waals surface area contributed by atoms with Crippen molar-refractivity contribution in [3.63, 3.8) is 0 Å². The highest BCUT2D eigenvalue weighted by Crippen LogP contribution is 2.72. The lowest BCUT2D eigenvalue weighted by atomic mass is 9.84. The van der Waals surface area contributed by atoms with Crippen LogP contribution in [0.4, 0.5) is 59.7 Å². The molecule has 168 valence electrons. The van der Waals surface area contributed by atoms with Gasteiger partial charge in [-0.1, -0.05) is 0 Å². The topological polar surface area (TPSA) is 72.2 Å². The summed E-state index contributed by atoms with van der Waals surface area (Å²) in [6.07, 6.45) is -7.40. The van der Waals surface area contributed by atoms with Crippen LogP contribution in [-0.2, 0) is 4.79 Å². The molecule has 2 rings (SSSR count). The minimum atomic E-state index is -7.40. The van der Waals surface area contributed by atoms with Crippen molar-refractivity contribution in [3.05, 3.63) is 32.8 Å². The number of non-ortho nitro benzene ring substituents is 1. The molecule has 2 unspecified atom stereocenters. The molecule has 1 fully saturated rings. The van der Waals surface area contributed by atoms with E-state index in [1.54, 1.807) is 0 Å². The maximum atomic E-state index is 14.7. The third kappa shape index (κ3) is 2.56. The smallest absolute Gasteiger partial charge is 0.322 e. The molecule has 0 aliphatic heterocycles. The Balaban J connectivity index is 2.70. The van der Waals surface area contributed by atoms with Gasteiger partial charge in [-0.25, -0.2) is 8.78 Å². The maximum absolute atomic E-state index is 14.7. The maximum Gasteiger partial charge on any atom is 0.432 e. The molecule has 0 radical (unpaired) electrons. The lowest BCUT2D eigenvalue weighted by Crippen LogP contribution is -2.69. The minimum absolute atomic E-state index is 0.403. The number of hydrogen-bond acceptors (Lipinski definition) is 3. The van der Waals surface area contributed by atoms with Gasteiger partial charge >= 0.3 is 35.3 Å². The number of amides is 1. The Morgan fingerprint density at radius 1 is 0.967 bits per heavy atom. The van der Waals surface area contributed by atoms with Gasteiger partial charge in [0.1, 0.15) is 0 Å². The first-order valence-electron chi connectivity index (χ1n) is 7.05. The van der Waals surface area contributed by atoms with Crippen molar-refractivity contribution in [1.29, 1.82) is 0 Å². The van der Waals surface area contributed by atoms with E-state index in [1.165, 1.54) is 0 Å². The molecule has 1 aliphatic rings. The van der Waals surface area contributed by atoms with Crippen LogP contribution in [0.25, 0.3) is 0 Å². The van der Waals surface area contributed by atoms with Crippen LogP contribution >= 0.6 is 15.9 Å². The summed E-state index contributed by atoms with van der Waals surface area (Å²) in [7, 11) is 0. The largest absolute Gasteiger partial charge is 0.432 e. The highest BCUT2D eigenvalue weighted by molar-refractivity contribution is 9.10. The van der Waals surface area contributed by atoms with Gasteiger partial charge in [0.15, 0.2) is 0 Å². The number of rotatable bonds is 3. The first-order chi connectivity index (χ1) is 13.2. The summed E-state index contributed by atoms with van der Waals surface area (Å²) in [6.45, 7) is 0. The second-order valence-electron chi connectivity index (χ2n) is 5.91. The molecule has 1 aliphatic carbocycles. The summed E-state index contributed by atoms with van der Waals surface area (Å²) >= 11 is 2.47. The summed E-state index contributed by atoms with van der Waals surface area (Å²) in [5, 5.41) is 11.4. The van der Waals surface area contributed by atoms with Gasteiger partial charge in [-0.2, -0.15) is 39.5 Å². The van der Waals surface area contributed by atoms with Crippen LogP contribution in [0.3, 0.4) is 0 Å². The number of anilines is 1. The molecule has 0 bridgehead atoms. The fourth-order valence-corrected chi connectivity index (χ4v) is 3.13. The molecule has 1 aromatic rings. The third-order valence-corrected chi connectivity index (χ3v) is 4.90. The van der Waals surface area contributed by atoms with Crippen molar-refractivity contribution in [3.8, 4) is 0 Å². The van der Waals surface area contributed by atoms with Crippen LogP contribution in [0.1, 0.15) is 0 Å². The molecule has 0 heterocycles. The number of halogens is 12. The molecule has 1 N–H and O–H groups in total. The number of alkyl halides is 11. The van der Waals surface area contributed by atoms with E-state index in [1.807, 2.05) is 0 Å². The van der Waals surface area contributed by atoms with Gasteiger partial charge in [0.05, 0.1) is 10.6 Å². The zero-order valence-electron chi connectivity index (χ0n) is 13.4. The van der Waals surface area contributed by atoms with Crippen LogP contribution in [0.5, 0.6) is 0 Å². The Labute approximate surface area is 165 Å². The van der Waals surface area contributed by atoms with Crippen LogP contribution in [0.15, 0.2) is 22.7 Å². The molecule has 0 aromatic heterocycles. The zero-order valence-corrected chi connectivity index (χ0v) is 15.0. The van der Waals surface area contributed by atoms with Gasteiger partial charge < -0.3 is 5.32 Å². The number of benzene rings is 1. The van der Waals surface area contributed by atoms with E-state index in [-0.39, 0.29) is 0 Å². The summed E-state index contributed by atoms with van der Waals surface area (Å²) in [5.41, 5.74) is -16.0. The standard InChI is InChI=1S/C13H4BrF11N2O3/c14-5-3-4(27(29)30)1-2-6(5)26-7(28)8(15)9(16,13(23,24)25)11(19,20)12(21,22)10(8,17)18/h1-3H,(H,26,28). The lowest BCUT2D eigenvalue weighted by molar-refractivity contribution is -0.384. The van der Waals surface area contributed by atoms with Crippen molar-refractivity contribution < 1.29 is 58.0 Å². The molecule has 0 spiro atoms. The van der Waals surface area contributed by atoms with Gasteiger partial charge in [-0.05, 0) is 22.0 Å². The number of carbonyl (C=O) groups excluding carboxylic acids is 1. The molecule has 0 saturated heterocycles. The van der Waals surface area contributed by atoms with Crippen LogP contribution in [0, 0.1) is 10.1 Å². The van der Waals surface area contributed by atoms with Crippen LogP contribution in [0.2, 0.25) is 0 Å². The van der Waals surface area contributed by atoms with E-state index in [9.17, 15) is 63.2 Å². The highest BCUT2D eigenvalue weighted by Gasteiger charge is 3.06. The predicted molar refractivity (Wildman–Crippen MR) is 78.0 cm³/mol. The van der Waals surface area contributed by atoms with Gasteiger partial charge in [-0.3, -0.25) is 14.9 Å². The van der Waals surface area contributed by atoms with E-state index in [0.717, 1.165) is 5.32 Å². The SMILES string of the molecule is O=C(Nc1ccc([N+](=O)[O-])cc1Br)C1(F)C(F)(F)C(F)(F)C(F)(F)C1(F)C(F)(F)F. The highest BCUT2D eigenvalue weighted by atomic mass is 79.9. The average Bonchev–Trinajstić information content (AvgIpc) is 2.65. The first kappa shape index (κ1) is 24.1. The molecule has 2 atom stereocenters. The number of hydrogen-bond donors (Lipinski definition) is 1. The number of nitro benzene ring substituents is 1. The van der Waals surface area contributed by atoms with Crippen molar-refractivity contribution in [1.82, 2.24) is 0 Å². The second-order valence-corrected chi connectivity index (χ2v) is 6.77. The molecule has 17 heteroatoms. The van der Waals surface area contributed by atoms with Crippen LogP contribution in [-0.4, -0.2) is 46.1 Å². The van der Waals surface area contributed by atoms with Crippen LogP contribution < -0.4 is 5.32 Å². The Kier molecular flexibility index (Phi) is 5.13.